The van der Waals surface area contributed by atoms with E-state index in [9.17, 15) is 13.2 Å². The highest BCUT2D eigenvalue weighted by Gasteiger charge is 2.26. The summed E-state index contributed by atoms with van der Waals surface area (Å²) in [6, 6.07) is 0. The number of carboxylic acids is 1. The van der Waals surface area contributed by atoms with Gasteiger partial charge in [-0.2, -0.15) is 8.42 Å². The van der Waals surface area contributed by atoms with Crippen LogP contribution in [0.15, 0.2) is 4.36 Å². The van der Waals surface area contributed by atoms with Gasteiger partial charge in [0.1, 0.15) is 0 Å². The predicted octanol–water partition coefficient (Wildman–Crippen LogP) is 1.49. The SMILES string of the molecule is O=C(O)c1nc(N=S(=O)=O)sc1CC1CC1. The van der Waals surface area contributed by atoms with Gasteiger partial charge < -0.3 is 5.11 Å². The maximum atomic E-state index is 10.9. The van der Waals surface area contributed by atoms with Crippen molar-refractivity contribution in [2.75, 3.05) is 0 Å². The van der Waals surface area contributed by atoms with Gasteiger partial charge in [0.25, 0.3) is 0 Å². The fourth-order valence-corrected chi connectivity index (χ4v) is 2.74. The number of carbonyl (C=O) groups is 1. The zero-order chi connectivity index (χ0) is 11.7. The van der Waals surface area contributed by atoms with Crippen LogP contribution in [0.25, 0.3) is 0 Å². The van der Waals surface area contributed by atoms with E-state index in [2.05, 4.69) is 9.35 Å². The summed E-state index contributed by atoms with van der Waals surface area (Å²) in [6.45, 7) is 0. The minimum atomic E-state index is -2.59. The number of rotatable bonds is 4. The number of hydrogen-bond acceptors (Lipinski definition) is 6. The third-order valence-electron chi connectivity index (χ3n) is 2.21. The van der Waals surface area contributed by atoms with Gasteiger partial charge in [-0.05, 0) is 25.2 Å². The largest absolute Gasteiger partial charge is 0.476 e. The van der Waals surface area contributed by atoms with E-state index in [1.54, 1.807) is 0 Å². The molecule has 16 heavy (non-hydrogen) atoms. The third-order valence-corrected chi connectivity index (χ3v) is 3.62. The topological polar surface area (TPSA) is 96.7 Å². The van der Waals surface area contributed by atoms with Crippen LogP contribution in [0, 0.1) is 5.92 Å². The number of aromatic nitrogens is 1. The van der Waals surface area contributed by atoms with Gasteiger partial charge >= 0.3 is 16.5 Å². The van der Waals surface area contributed by atoms with Crippen LogP contribution in [0.2, 0.25) is 0 Å². The van der Waals surface area contributed by atoms with E-state index in [0.29, 0.717) is 17.2 Å². The molecule has 0 unspecified atom stereocenters. The van der Waals surface area contributed by atoms with E-state index >= 15 is 0 Å². The number of hydrogen-bond donors (Lipinski definition) is 1. The molecule has 0 bridgehead atoms. The van der Waals surface area contributed by atoms with Crippen LogP contribution in [-0.2, 0) is 16.9 Å². The Morgan fingerprint density at radius 1 is 1.56 bits per heavy atom. The molecule has 0 aromatic carbocycles. The normalized spacial score (nSPS) is 14.8. The van der Waals surface area contributed by atoms with Crippen LogP contribution < -0.4 is 0 Å². The Labute approximate surface area is 96.7 Å². The Morgan fingerprint density at radius 2 is 2.25 bits per heavy atom. The molecule has 1 saturated carbocycles. The van der Waals surface area contributed by atoms with Crippen molar-refractivity contribution in [3.05, 3.63) is 10.6 Å². The molecule has 0 aliphatic heterocycles. The van der Waals surface area contributed by atoms with Crippen molar-refractivity contribution in [3.63, 3.8) is 0 Å². The van der Waals surface area contributed by atoms with Gasteiger partial charge in [-0.25, -0.2) is 9.78 Å². The first-order valence-corrected chi connectivity index (χ1v) is 6.45. The molecule has 1 aromatic rings. The Kier molecular flexibility index (Phi) is 3.01. The van der Waals surface area contributed by atoms with E-state index in [0.717, 1.165) is 24.2 Å². The van der Waals surface area contributed by atoms with Gasteiger partial charge in [0.05, 0.1) is 0 Å². The lowest BCUT2D eigenvalue weighted by Gasteiger charge is -1.94. The standard InChI is InChI=1S/C8H8N2O4S2/c11-7(12)6-5(3-4-1-2-4)15-8(9-6)10-16(13)14/h4H,1-3H2,(H,11,12). The molecule has 0 saturated heterocycles. The molecule has 1 aromatic heterocycles. The second-order valence-corrected chi connectivity index (χ2v) is 5.21. The lowest BCUT2D eigenvalue weighted by molar-refractivity contribution is 0.0690. The fourth-order valence-electron chi connectivity index (χ4n) is 1.33. The minimum absolute atomic E-state index is 0.0126. The number of thiazole rings is 1. The van der Waals surface area contributed by atoms with Crippen LogP contribution in [0.1, 0.15) is 28.2 Å². The molecule has 1 N–H and O–H groups in total. The molecule has 1 heterocycles. The van der Waals surface area contributed by atoms with Gasteiger partial charge in [0.15, 0.2) is 5.69 Å². The molecule has 8 heteroatoms. The van der Waals surface area contributed by atoms with Crippen molar-refractivity contribution in [1.82, 2.24) is 4.98 Å². The van der Waals surface area contributed by atoms with Crippen molar-refractivity contribution in [2.45, 2.75) is 19.3 Å². The van der Waals surface area contributed by atoms with Crippen molar-refractivity contribution in [1.29, 1.82) is 0 Å². The van der Waals surface area contributed by atoms with Crippen molar-refractivity contribution >= 4 is 32.9 Å². The second kappa shape index (κ2) is 4.30. The first kappa shape index (κ1) is 11.2. The molecule has 0 atom stereocenters. The Bertz CT molecular complexity index is 549. The fraction of sp³-hybridized carbons (Fsp3) is 0.500. The molecule has 2 rings (SSSR count). The van der Waals surface area contributed by atoms with E-state index in [4.69, 9.17) is 5.11 Å². The zero-order valence-electron chi connectivity index (χ0n) is 8.08. The summed E-state index contributed by atoms with van der Waals surface area (Å²) in [5.74, 6) is -0.616. The molecular formula is C8H8N2O4S2. The highest BCUT2D eigenvalue weighted by molar-refractivity contribution is 7.62. The van der Waals surface area contributed by atoms with Gasteiger partial charge in [-0.1, -0.05) is 11.3 Å². The van der Waals surface area contributed by atoms with Crippen molar-refractivity contribution in [2.24, 2.45) is 10.3 Å². The summed E-state index contributed by atoms with van der Waals surface area (Å²) >= 11 is 1.03. The van der Waals surface area contributed by atoms with E-state index in [-0.39, 0.29) is 10.8 Å². The lowest BCUT2D eigenvalue weighted by Crippen LogP contribution is -2.01. The molecule has 0 radical (unpaired) electrons. The summed E-state index contributed by atoms with van der Waals surface area (Å²) in [5.41, 5.74) is -0.0684. The molecule has 1 aliphatic rings. The smallest absolute Gasteiger partial charge is 0.355 e. The van der Waals surface area contributed by atoms with Gasteiger partial charge in [0.2, 0.25) is 5.13 Å². The first-order valence-electron chi connectivity index (χ1n) is 4.60. The average molecular weight is 260 g/mol. The van der Waals surface area contributed by atoms with E-state index in [1.807, 2.05) is 0 Å². The van der Waals surface area contributed by atoms with E-state index in [1.165, 1.54) is 0 Å². The summed E-state index contributed by atoms with van der Waals surface area (Å²) in [5, 5.41) is 8.88. The maximum Gasteiger partial charge on any atom is 0.355 e. The Balaban J connectivity index is 2.36. The molecule has 1 aliphatic carbocycles. The van der Waals surface area contributed by atoms with Crippen LogP contribution in [0.4, 0.5) is 5.13 Å². The van der Waals surface area contributed by atoms with Crippen LogP contribution >= 0.6 is 11.3 Å². The summed E-state index contributed by atoms with van der Waals surface area (Å²) in [6.07, 6.45) is 2.84. The maximum absolute atomic E-state index is 10.9. The highest BCUT2D eigenvalue weighted by atomic mass is 32.2. The number of nitrogens with zero attached hydrogens (tertiary/aromatic N) is 2. The van der Waals surface area contributed by atoms with Crippen molar-refractivity contribution < 1.29 is 18.3 Å². The van der Waals surface area contributed by atoms with Crippen LogP contribution in [0.3, 0.4) is 0 Å². The van der Waals surface area contributed by atoms with Gasteiger partial charge in [-0.15, -0.1) is 4.36 Å². The van der Waals surface area contributed by atoms with Crippen molar-refractivity contribution in [3.8, 4) is 0 Å². The summed E-state index contributed by atoms with van der Waals surface area (Å²) in [7, 11) is -2.59. The average Bonchev–Trinajstić information content (AvgIpc) is 2.87. The minimum Gasteiger partial charge on any atom is -0.476 e. The van der Waals surface area contributed by atoms with Crippen LogP contribution in [-0.4, -0.2) is 24.5 Å². The lowest BCUT2D eigenvalue weighted by atomic mass is 10.2. The molecular weight excluding hydrogens is 252 g/mol. The Morgan fingerprint density at radius 3 is 2.75 bits per heavy atom. The molecule has 86 valence electrons. The molecule has 1 fully saturated rings. The molecule has 0 amide bonds. The van der Waals surface area contributed by atoms with Crippen LogP contribution in [0.5, 0.6) is 0 Å². The zero-order valence-corrected chi connectivity index (χ0v) is 9.71. The van der Waals surface area contributed by atoms with E-state index < -0.39 is 16.5 Å². The Hall–Kier alpha value is -1.28. The monoisotopic (exact) mass is 260 g/mol. The summed E-state index contributed by atoms with van der Waals surface area (Å²) in [4.78, 5) is 15.2. The predicted molar refractivity (Wildman–Crippen MR) is 56.5 cm³/mol. The quantitative estimate of drug-likeness (QED) is 0.884. The molecule has 0 spiro atoms. The first-order chi connectivity index (χ1) is 7.56. The van der Waals surface area contributed by atoms with Gasteiger partial charge in [0, 0.05) is 4.88 Å². The summed E-state index contributed by atoms with van der Waals surface area (Å²) < 4.78 is 23.9. The number of aromatic carboxylic acids is 1. The highest BCUT2D eigenvalue weighted by Crippen LogP contribution is 2.36. The van der Waals surface area contributed by atoms with Gasteiger partial charge in [-0.3, -0.25) is 0 Å². The molecule has 6 nitrogen and oxygen atoms in total. The third kappa shape index (κ3) is 2.64. The number of carboxylic acid groups (broad SMARTS) is 1. The second-order valence-electron chi connectivity index (χ2n) is 3.53.